The molecule has 27 heavy (non-hydrogen) atoms. The molecular formula is C21H23N3O3. The first-order valence-corrected chi connectivity index (χ1v) is 8.85. The Hall–Kier alpha value is -3.15. The number of nitrogens with zero attached hydrogens (tertiary/aromatic N) is 2. The Morgan fingerprint density at radius 3 is 2.70 bits per heavy atom. The van der Waals surface area contributed by atoms with Gasteiger partial charge in [0, 0.05) is 6.54 Å². The van der Waals surface area contributed by atoms with Gasteiger partial charge in [0.05, 0.1) is 12.7 Å². The van der Waals surface area contributed by atoms with Crippen LogP contribution in [0.2, 0.25) is 0 Å². The van der Waals surface area contributed by atoms with Crippen LogP contribution >= 0.6 is 0 Å². The second kappa shape index (κ2) is 8.49. The second-order valence-corrected chi connectivity index (χ2v) is 6.40. The molecule has 0 aliphatic carbocycles. The summed E-state index contributed by atoms with van der Waals surface area (Å²) < 4.78 is 10.9. The molecule has 0 atom stereocenters. The minimum Gasteiger partial charge on any atom is -0.496 e. The molecule has 1 aromatic heterocycles. The van der Waals surface area contributed by atoms with Crippen LogP contribution in [0.15, 0.2) is 46.9 Å². The minimum atomic E-state index is -0.144. The van der Waals surface area contributed by atoms with E-state index in [1.807, 2.05) is 24.3 Å². The van der Waals surface area contributed by atoms with Gasteiger partial charge in [0.1, 0.15) is 12.2 Å². The summed E-state index contributed by atoms with van der Waals surface area (Å²) in [5, 5.41) is 10.9. The molecule has 1 amide bonds. The zero-order valence-electron chi connectivity index (χ0n) is 15.8. The molecule has 2 aromatic carbocycles. The van der Waals surface area contributed by atoms with E-state index in [0.717, 1.165) is 6.42 Å². The van der Waals surface area contributed by atoms with Gasteiger partial charge in [-0.2, -0.15) is 0 Å². The third kappa shape index (κ3) is 4.73. The van der Waals surface area contributed by atoms with E-state index in [2.05, 4.69) is 47.6 Å². The average molecular weight is 365 g/mol. The zero-order chi connectivity index (χ0) is 19.2. The van der Waals surface area contributed by atoms with E-state index in [0.29, 0.717) is 23.7 Å². The fourth-order valence-electron chi connectivity index (χ4n) is 2.76. The van der Waals surface area contributed by atoms with Crippen molar-refractivity contribution in [3.05, 3.63) is 65.0 Å². The molecule has 0 spiro atoms. The predicted molar refractivity (Wildman–Crippen MR) is 103 cm³/mol. The van der Waals surface area contributed by atoms with Crippen molar-refractivity contribution in [2.45, 2.75) is 26.7 Å². The number of ether oxygens (including phenoxy) is 1. The van der Waals surface area contributed by atoms with Crippen molar-refractivity contribution in [1.82, 2.24) is 15.5 Å². The Balaban J connectivity index is 1.54. The maximum Gasteiger partial charge on any atom is 0.251 e. The van der Waals surface area contributed by atoms with Gasteiger partial charge in [-0.3, -0.25) is 4.79 Å². The summed E-state index contributed by atoms with van der Waals surface area (Å²) in [6, 6.07) is 13.7. The van der Waals surface area contributed by atoms with Crippen LogP contribution in [0.4, 0.5) is 0 Å². The standard InChI is InChI=1S/C21H23N3O3/c1-14-8-9-16(12-15(14)2)10-11-22-19(25)13-20-23-24-21(27-20)17-6-4-5-7-18(17)26-3/h4-9,12H,10-11,13H2,1-3H3,(H,22,25). The second-order valence-electron chi connectivity index (χ2n) is 6.40. The number of amides is 1. The highest BCUT2D eigenvalue weighted by molar-refractivity contribution is 5.77. The number of methoxy groups -OCH3 is 1. The zero-order valence-corrected chi connectivity index (χ0v) is 15.8. The monoisotopic (exact) mass is 365 g/mol. The molecular weight excluding hydrogens is 342 g/mol. The van der Waals surface area contributed by atoms with Crippen LogP contribution in [0.1, 0.15) is 22.6 Å². The summed E-state index contributed by atoms with van der Waals surface area (Å²) in [5.41, 5.74) is 4.43. The number of aryl methyl sites for hydroxylation is 2. The smallest absolute Gasteiger partial charge is 0.251 e. The lowest BCUT2D eigenvalue weighted by Crippen LogP contribution is -2.27. The molecule has 0 saturated carbocycles. The molecule has 6 heteroatoms. The lowest BCUT2D eigenvalue weighted by Gasteiger charge is -2.06. The van der Waals surface area contributed by atoms with Crippen LogP contribution in [0, 0.1) is 13.8 Å². The van der Waals surface area contributed by atoms with Crippen LogP contribution in [-0.2, 0) is 17.6 Å². The number of nitrogens with one attached hydrogen (secondary N) is 1. The van der Waals surface area contributed by atoms with Crippen LogP contribution in [0.5, 0.6) is 5.75 Å². The maximum atomic E-state index is 12.1. The molecule has 0 bridgehead atoms. The lowest BCUT2D eigenvalue weighted by molar-refractivity contribution is -0.120. The molecule has 140 valence electrons. The highest BCUT2D eigenvalue weighted by atomic mass is 16.5. The molecule has 0 aliphatic heterocycles. The van der Waals surface area contributed by atoms with Gasteiger partial charge in [-0.25, -0.2) is 0 Å². The van der Waals surface area contributed by atoms with Gasteiger partial charge >= 0.3 is 0 Å². The summed E-state index contributed by atoms with van der Waals surface area (Å²) in [6.45, 7) is 4.74. The number of rotatable bonds is 7. The van der Waals surface area contributed by atoms with E-state index in [-0.39, 0.29) is 18.2 Å². The summed E-state index contributed by atoms with van der Waals surface area (Å²) in [4.78, 5) is 12.1. The Kier molecular flexibility index (Phi) is 5.86. The molecule has 3 rings (SSSR count). The fraction of sp³-hybridized carbons (Fsp3) is 0.286. The highest BCUT2D eigenvalue weighted by Gasteiger charge is 2.15. The number of benzene rings is 2. The highest BCUT2D eigenvalue weighted by Crippen LogP contribution is 2.28. The van der Waals surface area contributed by atoms with Crippen molar-refractivity contribution in [2.24, 2.45) is 0 Å². The SMILES string of the molecule is COc1ccccc1-c1nnc(CC(=O)NCCc2ccc(C)c(C)c2)o1. The van der Waals surface area contributed by atoms with Crippen molar-refractivity contribution in [3.63, 3.8) is 0 Å². The van der Waals surface area contributed by atoms with Gasteiger partial charge in [0.2, 0.25) is 11.8 Å². The Labute approximate surface area is 158 Å². The fourth-order valence-corrected chi connectivity index (χ4v) is 2.76. The largest absolute Gasteiger partial charge is 0.496 e. The van der Waals surface area contributed by atoms with E-state index in [1.54, 1.807) is 7.11 Å². The molecule has 0 radical (unpaired) electrons. The van der Waals surface area contributed by atoms with Crippen LogP contribution in [-0.4, -0.2) is 29.8 Å². The van der Waals surface area contributed by atoms with Crippen LogP contribution in [0.3, 0.4) is 0 Å². The van der Waals surface area contributed by atoms with E-state index in [1.165, 1.54) is 16.7 Å². The number of para-hydroxylation sites is 1. The molecule has 6 nitrogen and oxygen atoms in total. The minimum absolute atomic E-state index is 0.0507. The van der Waals surface area contributed by atoms with Crippen molar-refractivity contribution < 1.29 is 13.9 Å². The summed E-state index contributed by atoms with van der Waals surface area (Å²) in [5.74, 6) is 1.12. The quantitative estimate of drug-likeness (QED) is 0.695. The maximum absolute atomic E-state index is 12.1. The van der Waals surface area contributed by atoms with Gasteiger partial charge in [-0.1, -0.05) is 30.3 Å². The first-order chi connectivity index (χ1) is 13.1. The van der Waals surface area contributed by atoms with Gasteiger partial charge in [0.15, 0.2) is 0 Å². The van der Waals surface area contributed by atoms with Crippen LogP contribution < -0.4 is 10.1 Å². The van der Waals surface area contributed by atoms with E-state index >= 15 is 0 Å². The molecule has 1 N–H and O–H groups in total. The Bertz CT molecular complexity index is 934. The van der Waals surface area contributed by atoms with Crippen LogP contribution in [0.25, 0.3) is 11.5 Å². The van der Waals surface area contributed by atoms with Gasteiger partial charge in [-0.05, 0) is 49.1 Å². The first-order valence-electron chi connectivity index (χ1n) is 8.85. The molecule has 0 unspecified atom stereocenters. The van der Waals surface area contributed by atoms with Crippen molar-refractivity contribution >= 4 is 5.91 Å². The number of carbonyl (C=O) groups excluding carboxylic acids is 1. The van der Waals surface area contributed by atoms with Crippen molar-refractivity contribution in [2.75, 3.05) is 13.7 Å². The molecule has 0 fully saturated rings. The predicted octanol–water partition coefficient (Wildman–Crippen LogP) is 3.26. The van der Waals surface area contributed by atoms with Crippen molar-refractivity contribution in [3.8, 4) is 17.2 Å². The summed E-state index contributed by atoms with van der Waals surface area (Å²) in [6.07, 6.45) is 0.832. The van der Waals surface area contributed by atoms with E-state index in [9.17, 15) is 4.79 Å². The number of aromatic nitrogens is 2. The lowest BCUT2D eigenvalue weighted by atomic mass is 10.0. The first kappa shape index (κ1) is 18.6. The summed E-state index contributed by atoms with van der Waals surface area (Å²) >= 11 is 0. The van der Waals surface area contributed by atoms with Crippen molar-refractivity contribution in [1.29, 1.82) is 0 Å². The molecule has 1 heterocycles. The Morgan fingerprint density at radius 2 is 1.93 bits per heavy atom. The number of carbonyl (C=O) groups is 1. The van der Waals surface area contributed by atoms with E-state index < -0.39 is 0 Å². The number of hydrogen-bond donors (Lipinski definition) is 1. The molecule has 3 aromatic rings. The normalized spacial score (nSPS) is 10.6. The Morgan fingerprint density at radius 1 is 1.11 bits per heavy atom. The molecule has 0 aliphatic rings. The third-order valence-corrected chi connectivity index (χ3v) is 4.42. The third-order valence-electron chi connectivity index (χ3n) is 4.42. The van der Waals surface area contributed by atoms with Gasteiger partial charge < -0.3 is 14.5 Å². The van der Waals surface area contributed by atoms with E-state index in [4.69, 9.17) is 9.15 Å². The average Bonchev–Trinajstić information content (AvgIpc) is 3.12. The van der Waals surface area contributed by atoms with Gasteiger partial charge in [-0.15, -0.1) is 10.2 Å². The van der Waals surface area contributed by atoms with Gasteiger partial charge in [0.25, 0.3) is 5.89 Å². The summed E-state index contributed by atoms with van der Waals surface area (Å²) in [7, 11) is 1.58. The molecule has 0 saturated heterocycles. The number of hydrogen-bond acceptors (Lipinski definition) is 5. The topological polar surface area (TPSA) is 77.2 Å².